The van der Waals surface area contributed by atoms with Crippen LogP contribution in [0.2, 0.25) is 5.02 Å². The molecule has 1 N–H and O–H groups in total. The Morgan fingerprint density at radius 3 is 2.56 bits per heavy atom. The highest BCUT2D eigenvalue weighted by molar-refractivity contribution is 6.30. The first kappa shape index (κ1) is 22.5. The van der Waals surface area contributed by atoms with Crippen molar-refractivity contribution in [1.29, 1.82) is 0 Å². The molecular weight excluding hydrogens is 426 g/mol. The molecule has 0 fully saturated rings. The summed E-state index contributed by atoms with van der Waals surface area (Å²) in [5.74, 6) is 2.22. The predicted octanol–water partition coefficient (Wildman–Crippen LogP) is 5.13. The van der Waals surface area contributed by atoms with Gasteiger partial charge in [0.2, 0.25) is 6.79 Å². The minimum absolute atomic E-state index is 0.200. The van der Waals surface area contributed by atoms with Gasteiger partial charge in [-0.05, 0) is 66.9 Å². The zero-order valence-corrected chi connectivity index (χ0v) is 19.1. The van der Waals surface area contributed by atoms with Gasteiger partial charge >= 0.3 is 0 Å². The van der Waals surface area contributed by atoms with Gasteiger partial charge in [0.1, 0.15) is 18.5 Å². The zero-order chi connectivity index (χ0) is 22.5. The SMILES string of the molecule is Cc1ccc(C)c(CN(Cc2ccc3c(c2)OCO3)C[C@H](O)COc2ccc(Cl)cc2)c1. The summed E-state index contributed by atoms with van der Waals surface area (Å²) in [6.07, 6.45) is -0.648. The molecule has 5 nitrogen and oxygen atoms in total. The van der Waals surface area contributed by atoms with Crippen LogP contribution >= 0.6 is 11.6 Å². The molecule has 0 aliphatic carbocycles. The van der Waals surface area contributed by atoms with Crippen LogP contribution in [0.4, 0.5) is 0 Å². The number of aryl methyl sites for hydroxylation is 2. The van der Waals surface area contributed by atoms with Gasteiger partial charge in [-0.3, -0.25) is 4.90 Å². The molecule has 6 heteroatoms. The molecule has 1 atom stereocenters. The number of aliphatic hydroxyl groups is 1. The molecule has 32 heavy (non-hydrogen) atoms. The minimum atomic E-state index is -0.648. The standard InChI is InChI=1S/C26H28ClNO4/c1-18-3-4-19(2)21(11-18)14-28(13-20-5-10-25-26(12-20)32-17-31-25)15-23(29)16-30-24-8-6-22(27)7-9-24/h3-12,23,29H,13-17H2,1-2H3/t23-/m0/s1. The van der Waals surface area contributed by atoms with Crippen LogP contribution in [-0.2, 0) is 13.1 Å². The normalized spacial score (nSPS) is 13.4. The number of fused-ring (bicyclic) bond motifs is 1. The third kappa shape index (κ3) is 5.94. The number of aliphatic hydroxyl groups excluding tert-OH is 1. The van der Waals surface area contributed by atoms with Crippen molar-refractivity contribution in [3.05, 3.63) is 87.9 Å². The number of hydrogen-bond acceptors (Lipinski definition) is 5. The van der Waals surface area contributed by atoms with E-state index in [0.29, 0.717) is 23.9 Å². The third-order valence-corrected chi connectivity index (χ3v) is 5.72. The van der Waals surface area contributed by atoms with E-state index in [1.807, 2.05) is 18.2 Å². The maximum atomic E-state index is 10.7. The van der Waals surface area contributed by atoms with E-state index in [9.17, 15) is 5.11 Å². The summed E-state index contributed by atoms with van der Waals surface area (Å²) in [6, 6.07) is 19.6. The molecular formula is C26H28ClNO4. The van der Waals surface area contributed by atoms with Crippen LogP contribution in [0.5, 0.6) is 17.2 Å². The molecule has 0 amide bonds. The van der Waals surface area contributed by atoms with Crippen LogP contribution < -0.4 is 14.2 Å². The van der Waals surface area contributed by atoms with Gasteiger partial charge in [0.15, 0.2) is 11.5 Å². The van der Waals surface area contributed by atoms with Crippen molar-refractivity contribution in [1.82, 2.24) is 4.90 Å². The first-order chi connectivity index (χ1) is 15.5. The second-order valence-electron chi connectivity index (χ2n) is 8.21. The predicted molar refractivity (Wildman–Crippen MR) is 126 cm³/mol. The molecule has 168 valence electrons. The van der Waals surface area contributed by atoms with Crippen LogP contribution in [0.3, 0.4) is 0 Å². The van der Waals surface area contributed by atoms with Gasteiger partial charge in [-0.2, -0.15) is 0 Å². The Hall–Kier alpha value is -2.73. The average Bonchev–Trinajstić information content (AvgIpc) is 3.24. The molecule has 0 bridgehead atoms. The molecule has 1 aliphatic rings. The van der Waals surface area contributed by atoms with Crippen molar-refractivity contribution in [3.8, 4) is 17.2 Å². The third-order valence-electron chi connectivity index (χ3n) is 5.47. The van der Waals surface area contributed by atoms with Gasteiger partial charge in [0.25, 0.3) is 0 Å². The molecule has 3 aromatic carbocycles. The fourth-order valence-electron chi connectivity index (χ4n) is 3.77. The maximum Gasteiger partial charge on any atom is 0.231 e. The highest BCUT2D eigenvalue weighted by atomic mass is 35.5. The molecule has 1 aliphatic heterocycles. The molecule has 0 radical (unpaired) electrons. The lowest BCUT2D eigenvalue weighted by atomic mass is 10.0. The maximum absolute atomic E-state index is 10.7. The van der Waals surface area contributed by atoms with Crippen LogP contribution in [0.15, 0.2) is 60.7 Å². The van der Waals surface area contributed by atoms with Crippen molar-refractivity contribution in [2.45, 2.75) is 33.0 Å². The van der Waals surface area contributed by atoms with Gasteiger partial charge in [-0.1, -0.05) is 41.4 Å². The second kappa shape index (κ2) is 10.3. The van der Waals surface area contributed by atoms with Crippen LogP contribution in [0.1, 0.15) is 22.3 Å². The highest BCUT2D eigenvalue weighted by Crippen LogP contribution is 2.33. The summed E-state index contributed by atoms with van der Waals surface area (Å²) in [4.78, 5) is 2.23. The lowest BCUT2D eigenvalue weighted by molar-refractivity contribution is 0.0627. The van der Waals surface area contributed by atoms with Crippen molar-refractivity contribution < 1.29 is 19.3 Å². The summed E-state index contributed by atoms with van der Waals surface area (Å²) in [6.45, 7) is 6.53. The summed E-state index contributed by atoms with van der Waals surface area (Å²) in [5.41, 5.74) is 4.81. The number of hydrogen-bond donors (Lipinski definition) is 1. The summed E-state index contributed by atoms with van der Waals surface area (Å²) < 4.78 is 16.7. The highest BCUT2D eigenvalue weighted by Gasteiger charge is 2.18. The molecule has 0 spiro atoms. The van der Waals surface area contributed by atoms with Crippen LogP contribution in [-0.4, -0.2) is 36.1 Å². The monoisotopic (exact) mass is 453 g/mol. The van der Waals surface area contributed by atoms with Gasteiger partial charge in [-0.15, -0.1) is 0 Å². The Labute approximate surface area is 194 Å². The molecule has 4 rings (SSSR count). The van der Waals surface area contributed by atoms with Crippen molar-refractivity contribution in [3.63, 3.8) is 0 Å². The van der Waals surface area contributed by atoms with E-state index in [-0.39, 0.29) is 13.4 Å². The van der Waals surface area contributed by atoms with Gasteiger partial charge < -0.3 is 19.3 Å². The first-order valence-electron chi connectivity index (χ1n) is 10.7. The molecule has 0 saturated heterocycles. The van der Waals surface area contributed by atoms with E-state index in [2.05, 4.69) is 36.9 Å². The number of ether oxygens (including phenoxy) is 3. The lowest BCUT2D eigenvalue weighted by Gasteiger charge is -2.26. The van der Waals surface area contributed by atoms with E-state index >= 15 is 0 Å². The smallest absolute Gasteiger partial charge is 0.231 e. The Kier molecular flexibility index (Phi) is 7.20. The Bertz CT molecular complexity index is 1050. The summed E-state index contributed by atoms with van der Waals surface area (Å²) in [7, 11) is 0. The van der Waals surface area contributed by atoms with E-state index in [0.717, 1.165) is 23.6 Å². The van der Waals surface area contributed by atoms with Gasteiger partial charge in [0.05, 0.1) is 0 Å². The Morgan fingerprint density at radius 2 is 1.75 bits per heavy atom. The molecule has 0 unspecified atom stereocenters. The topological polar surface area (TPSA) is 51.2 Å². The van der Waals surface area contributed by atoms with E-state index < -0.39 is 6.10 Å². The quantitative estimate of drug-likeness (QED) is 0.487. The molecule has 0 saturated carbocycles. The number of benzene rings is 3. The fourth-order valence-corrected chi connectivity index (χ4v) is 3.89. The summed E-state index contributed by atoms with van der Waals surface area (Å²) >= 11 is 5.93. The molecule has 1 heterocycles. The van der Waals surface area contributed by atoms with Crippen molar-refractivity contribution >= 4 is 11.6 Å². The second-order valence-corrected chi connectivity index (χ2v) is 8.64. The lowest BCUT2D eigenvalue weighted by Crippen LogP contribution is -2.35. The molecule has 3 aromatic rings. The Morgan fingerprint density at radius 1 is 0.969 bits per heavy atom. The average molecular weight is 454 g/mol. The van der Waals surface area contributed by atoms with Gasteiger partial charge in [0, 0.05) is 24.7 Å². The van der Waals surface area contributed by atoms with Crippen molar-refractivity contribution in [2.75, 3.05) is 19.9 Å². The largest absolute Gasteiger partial charge is 0.491 e. The van der Waals surface area contributed by atoms with E-state index in [1.54, 1.807) is 24.3 Å². The minimum Gasteiger partial charge on any atom is -0.491 e. The van der Waals surface area contributed by atoms with E-state index in [4.69, 9.17) is 25.8 Å². The Balaban J connectivity index is 1.45. The van der Waals surface area contributed by atoms with Crippen LogP contribution in [0.25, 0.3) is 0 Å². The van der Waals surface area contributed by atoms with E-state index in [1.165, 1.54) is 16.7 Å². The van der Waals surface area contributed by atoms with Crippen LogP contribution in [0, 0.1) is 13.8 Å². The first-order valence-corrected chi connectivity index (χ1v) is 11.1. The number of rotatable bonds is 9. The van der Waals surface area contributed by atoms with Crippen molar-refractivity contribution in [2.24, 2.45) is 0 Å². The zero-order valence-electron chi connectivity index (χ0n) is 18.4. The fraction of sp³-hybridized carbons (Fsp3) is 0.308. The molecule has 0 aromatic heterocycles. The summed E-state index contributed by atoms with van der Waals surface area (Å²) in [5, 5.41) is 11.4. The number of halogens is 1. The van der Waals surface area contributed by atoms with Gasteiger partial charge in [-0.25, -0.2) is 0 Å². The number of nitrogens with zero attached hydrogens (tertiary/aromatic N) is 1.